The van der Waals surface area contributed by atoms with Gasteiger partial charge in [0.25, 0.3) is 0 Å². The van der Waals surface area contributed by atoms with E-state index >= 15 is 0 Å². The van der Waals surface area contributed by atoms with E-state index in [2.05, 4.69) is 16.8 Å². The summed E-state index contributed by atoms with van der Waals surface area (Å²) in [6.45, 7) is 11.6. The molecule has 0 bridgehead atoms. The molecule has 1 heterocycles. The van der Waals surface area contributed by atoms with Crippen LogP contribution in [0.4, 0.5) is 4.39 Å². The van der Waals surface area contributed by atoms with Crippen LogP contribution in [-0.4, -0.2) is 31.1 Å². The lowest BCUT2D eigenvalue weighted by Crippen LogP contribution is -2.45. The van der Waals surface area contributed by atoms with Gasteiger partial charge in [0, 0.05) is 37.8 Å². The van der Waals surface area contributed by atoms with Crippen LogP contribution in [0.1, 0.15) is 30.5 Å². The van der Waals surface area contributed by atoms with Crippen LogP contribution in [-0.2, 0) is 0 Å². The summed E-state index contributed by atoms with van der Waals surface area (Å²) in [4.78, 5) is 2.30. The number of piperazine rings is 1. The minimum Gasteiger partial charge on any atom is -0.314 e. The SMILES string of the molecule is C=C(C)C[C@@H](c1c(F)ccc(C)c1Cl)N1CCNCC1. The average molecular weight is 297 g/mol. The highest BCUT2D eigenvalue weighted by molar-refractivity contribution is 6.32. The van der Waals surface area contributed by atoms with E-state index in [1.807, 2.05) is 13.8 Å². The molecule has 0 spiro atoms. The fraction of sp³-hybridized carbons (Fsp3) is 0.500. The monoisotopic (exact) mass is 296 g/mol. The quantitative estimate of drug-likeness (QED) is 0.852. The molecule has 110 valence electrons. The molecule has 0 aliphatic carbocycles. The van der Waals surface area contributed by atoms with Crippen LogP contribution in [0.15, 0.2) is 24.3 Å². The first-order chi connectivity index (χ1) is 9.50. The number of halogens is 2. The summed E-state index contributed by atoms with van der Waals surface area (Å²) in [6.07, 6.45) is 0.736. The van der Waals surface area contributed by atoms with Crippen molar-refractivity contribution in [1.29, 1.82) is 0 Å². The number of aryl methyl sites for hydroxylation is 1. The molecule has 1 fully saturated rings. The van der Waals surface area contributed by atoms with Crippen LogP contribution in [0.25, 0.3) is 0 Å². The molecular formula is C16H22ClFN2. The Morgan fingerprint density at radius 1 is 1.45 bits per heavy atom. The molecule has 1 aliphatic heterocycles. The van der Waals surface area contributed by atoms with Gasteiger partial charge in [-0.25, -0.2) is 4.39 Å². The van der Waals surface area contributed by atoms with Crippen molar-refractivity contribution in [3.63, 3.8) is 0 Å². The molecule has 1 aliphatic rings. The van der Waals surface area contributed by atoms with Crippen LogP contribution in [0.3, 0.4) is 0 Å². The normalized spacial score (nSPS) is 18.0. The molecule has 0 saturated carbocycles. The second-order valence-corrected chi connectivity index (χ2v) is 5.93. The van der Waals surface area contributed by atoms with Crippen LogP contribution in [0, 0.1) is 12.7 Å². The van der Waals surface area contributed by atoms with Crippen molar-refractivity contribution in [3.05, 3.63) is 46.3 Å². The smallest absolute Gasteiger partial charge is 0.129 e. The lowest BCUT2D eigenvalue weighted by Gasteiger charge is -2.36. The van der Waals surface area contributed by atoms with Gasteiger partial charge in [-0.1, -0.05) is 23.2 Å². The van der Waals surface area contributed by atoms with Crippen molar-refractivity contribution < 1.29 is 4.39 Å². The average Bonchev–Trinajstić information content (AvgIpc) is 2.43. The molecule has 0 amide bonds. The van der Waals surface area contributed by atoms with E-state index in [4.69, 9.17) is 11.6 Å². The van der Waals surface area contributed by atoms with Crippen LogP contribution in [0.2, 0.25) is 5.02 Å². The van der Waals surface area contributed by atoms with E-state index < -0.39 is 0 Å². The summed E-state index contributed by atoms with van der Waals surface area (Å²) in [5.74, 6) is -0.217. The van der Waals surface area contributed by atoms with E-state index in [-0.39, 0.29) is 11.9 Å². The Morgan fingerprint density at radius 2 is 2.10 bits per heavy atom. The van der Waals surface area contributed by atoms with E-state index in [1.54, 1.807) is 6.07 Å². The molecule has 1 saturated heterocycles. The van der Waals surface area contributed by atoms with Crippen molar-refractivity contribution in [2.24, 2.45) is 0 Å². The van der Waals surface area contributed by atoms with Gasteiger partial charge in [0.1, 0.15) is 5.82 Å². The fourth-order valence-electron chi connectivity index (χ4n) is 2.72. The van der Waals surface area contributed by atoms with Gasteiger partial charge in [-0.15, -0.1) is 6.58 Å². The van der Waals surface area contributed by atoms with Gasteiger partial charge in [-0.05, 0) is 31.9 Å². The summed E-state index contributed by atoms with van der Waals surface area (Å²) in [5, 5.41) is 3.87. The molecular weight excluding hydrogens is 275 g/mol. The lowest BCUT2D eigenvalue weighted by atomic mass is 9.96. The van der Waals surface area contributed by atoms with E-state index in [9.17, 15) is 4.39 Å². The number of nitrogens with one attached hydrogen (secondary N) is 1. The lowest BCUT2D eigenvalue weighted by molar-refractivity contribution is 0.169. The highest BCUT2D eigenvalue weighted by Crippen LogP contribution is 2.36. The molecule has 4 heteroatoms. The second-order valence-electron chi connectivity index (χ2n) is 5.55. The van der Waals surface area contributed by atoms with Gasteiger partial charge in [-0.3, -0.25) is 4.90 Å². The second kappa shape index (κ2) is 6.70. The first-order valence-corrected chi connectivity index (χ1v) is 7.42. The van der Waals surface area contributed by atoms with Gasteiger partial charge in [-0.2, -0.15) is 0 Å². The minimum absolute atomic E-state index is 0.0259. The summed E-state index contributed by atoms with van der Waals surface area (Å²) in [6, 6.07) is 3.22. The largest absolute Gasteiger partial charge is 0.314 e. The topological polar surface area (TPSA) is 15.3 Å². The Labute approximate surface area is 125 Å². The molecule has 1 aromatic carbocycles. The number of hydrogen-bond acceptors (Lipinski definition) is 2. The van der Waals surface area contributed by atoms with Crippen molar-refractivity contribution >= 4 is 11.6 Å². The molecule has 0 unspecified atom stereocenters. The third-order valence-corrected chi connectivity index (χ3v) is 4.29. The number of hydrogen-bond donors (Lipinski definition) is 1. The van der Waals surface area contributed by atoms with Gasteiger partial charge in [0.2, 0.25) is 0 Å². The highest BCUT2D eigenvalue weighted by Gasteiger charge is 2.27. The van der Waals surface area contributed by atoms with Crippen LogP contribution in [0.5, 0.6) is 0 Å². The van der Waals surface area contributed by atoms with E-state index in [0.29, 0.717) is 10.6 Å². The summed E-state index contributed by atoms with van der Waals surface area (Å²) < 4.78 is 14.3. The van der Waals surface area contributed by atoms with Crippen molar-refractivity contribution in [2.45, 2.75) is 26.3 Å². The van der Waals surface area contributed by atoms with Crippen molar-refractivity contribution in [2.75, 3.05) is 26.2 Å². The standard InChI is InChI=1S/C16H22ClFN2/c1-11(2)10-14(20-8-6-19-7-9-20)15-13(18)5-4-12(3)16(15)17/h4-5,14,19H,1,6-10H2,2-3H3/t14-/m0/s1. The van der Waals surface area contributed by atoms with Gasteiger partial charge < -0.3 is 5.32 Å². The maximum absolute atomic E-state index is 14.3. The Hall–Kier alpha value is -0.900. The van der Waals surface area contributed by atoms with Gasteiger partial charge in [0.05, 0.1) is 5.02 Å². The predicted octanol–water partition coefficient (Wildman–Crippen LogP) is 3.70. The number of nitrogens with zero attached hydrogens (tertiary/aromatic N) is 1. The molecule has 0 radical (unpaired) electrons. The molecule has 2 rings (SSSR count). The third-order valence-electron chi connectivity index (χ3n) is 3.79. The van der Waals surface area contributed by atoms with Crippen LogP contribution < -0.4 is 5.32 Å². The molecule has 20 heavy (non-hydrogen) atoms. The Balaban J connectivity index is 2.40. The molecule has 1 atom stereocenters. The summed E-state index contributed by atoms with van der Waals surface area (Å²) in [7, 11) is 0. The third kappa shape index (κ3) is 3.40. The van der Waals surface area contributed by atoms with Crippen LogP contribution >= 0.6 is 11.6 Å². The van der Waals surface area contributed by atoms with Crippen molar-refractivity contribution in [1.82, 2.24) is 10.2 Å². The Kier molecular flexibility index (Phi) is 5.19. The maximum atomic E-state index is 14.3. The zero-order chi connectivity index (χ0) is 14.7. The first-order valence-electron chi connectivity index (χ1n) is 7.04. The fourth-order valence-corrected chi connectivity index (χ4v) is 3.00. The minimum atomic E-state index is -0.217. The van der Waals surface area contributed by atoms with Gasteiger partial charge in [0.15, 0.2) is 0 Å². The summed E-state index contributed by atoms with van der Waals surface area (Å²) in [5.41, 5.74) is 2.59. The van der Waals surface area contributed by atoms with Gasteiger partial charge >= 0.3 is 0 Å². The maximum Gasteiger partial charge on any atom is 0.129 e. The molecule has 1 aromatic rings. The molecule has 2 nitrogen and oxygen atoms in total. The van der Waals surface area contributed by atoms with Crippen molar-refractivity contribution in [3.8, 4) is 0 Å². The molecule has 1 N–H and O–H groups in total. The zero-order valence-corrected chi connectivity index (χ0v) is 12.9. The Bertz CT molecular complexity index is 495. The Morgan fingerprint density at radius 3 is 2.70 bits per heavy atom. The number of benzene rings is 1. The zero-order valence-electron chi connectivity index (χ0n) is 12.2. The first kappa shape index (κ1) is 15.5. The highest BCUT2D eigenvalue weighted by atomic mass is 35.5. The summed E-state index contributed by atoms with van der Waals surface area (Å²) >= 11 is 6.38. The molecule has 0 aromatic heterocycles. The predicted molar refractivity (Wildman–Crippen MR) is 82.8 cm³/mol. The van der Waals surface area contributed by atoms with E-state index in [1.165, 1.54) is 6.07 Å². The number of rotatable bonds is 4. The van der Waals surface area contributed by atoms with E-state index in [0.717, 1.165) is 43.7 Å².